The van der Waals surface area contributed by atoms with Gasteiger partial charge >= 0.3 is 0 Å². The molecule has 30 heavy (non-hydrogen) atoms. The first-order valence-electron chi connectivity index (χ1n) is 9.36. The van der Waals surface area contributed by atoms with Crippen LogP contribution < -0.4 is 20.7 Å². The first-order valence-corrected chi connectivity index (χ1v) is 9.76. The van der Waals surface area contributed by atoms with Gasteiger partial charge in [0, 0.05) is 11.4 Å². The lowest BCUT2D eigenvalue weighted by Crippen LogP contribution is -2.34. The van der Waals surface area contributed by atoms with Crippen molar-refractivity contribution in [2.75, 3.05) is 17.2 Å². The minimum atomic E-state index is -0.374. The monoisotopic (exact) mass is 423 g/mol. The Hall–Kier alpha value is -3.65. The molecule has 0 unspecified atom stereocenters. The van der Waals surface area contributed by atoms with Crippen molar-refractivity contribution < 1.29 is 18.7 Å². The van der Waals surface area contributed by atoms with Crippen molar-refractivity contribution in [3.63, 3.8) is 0 Å². The number of carbonyl (C=O) groups is 2. The zero-order chi connectivity index (χ0) is 21.3. The van der Waals surface area contributed by atoms with Crippen LogP contribution in [0.2, 0.25) is 0 Å². The van der Waals surface area contributed by atoms with E-state index in [9.17, 15) is 9.59 Å². The molecular weight excluding hydrogens is 402 g/mol. The van der Waals surface area contributed by atoms with Crippen LogP contribution in [0.25, 0.3) is 0 Å². The first kappa shape index (κ1) is 21.1. The van der Waals surface area contributed by atoms with Crippen LogP contribution in [-0.2, 0) is 0 Å². The number of nitrogens with one attached hydrogen (secondary N) is 3. The number of carbonyl (C=O) groups excluding carboxylic acids is 2. The molecular formula is C22H21N3O4S. The zero-order valence-electron chi connectivity index (χ0n) is 16.3. The lowest BCUT2D eigenvalue weighted by molar-refractivity contribution is 0.0971. The fourth-order valence-electron chi connectivity index (χ4n) is 2.60. The molecule has 2 amide bonds. The maximum Gasteiger partial charge on any atom is 0.291 e. The van der Waals surface area contributed by atoms with Gasteiger partial charge in [0.1, 0.15) is 5.75 Å². The van der Waals surface area contributed by atoms with E-state index in [4.69, 9.17) is 21.4 Å². The van der Waals surface area contributed by atoms with Crippen LogP contribution in [0.5, 0.6) is 5.75 Å². The molecule has 3 rings (SSSR count). The van der Waals surface area contributed by atoms with Crippen LogP contribution in [0, 0.1) is 0 Å². The van der Waals surface area contributed by atoms with Crippen molar-refractivity contribution in [2.24, 2.45) is 0 Å². The Morgan fingerprint density at radius 3 is 2.47 bits per heavy atom. The summed E-state index contributed by atoms with van der Waals surface area (Å²) >= 11 is 5.25. The van der Waals surface area contributed by atoms with E-state index in [2.05, 4.69) is 16.0 Å². The highest BCUT2D eigenvalue weighted by Crippen LogP contribution is 2.19. The maximum atomic E-state index is 12.6. The number of thiocarbonyl (C=S) groups is 1. The highest BCUT2D eigenvalue weighted by atomic mass is 32.1. The summed E-state index contributed by atoms with van der Waals surface area (Å²) in [4.78, 5) is 24.7. The first-order chi connectivity index (χ1) is 14.6. The molecule has 0 radical (unpaired) electrons. The summed E-state index contributed by atoms with van der Waals surface area (Å²) in [5.74, 6) is -0.0272. The number of hydrogen-bond acceptors (Lipinski definition) is 5. The number of furan rings is 1. The molecule has 0 atom stereocenters. The molecule has 2 aromatic carbocycles. The number of para-hydroxylation sites is 1. The lowest BCUT2D eigenvalue weighted by Gasteiger charge is -2.13. The Morgan fingerprint density at radius 2 is 1.73 bits per heavy atom. The van der Waals surface area contributed by atoms with Gasteiger partial charge in [-0.1, -0.05) is 25.1 Å². The molecule has 0 saturated carbocycles. The number of benzene rings is 2. The topological polar surface area (TPSA) is 92.6 Å². The second kappa shape index (κ2) is 10.2. The van der Waals surface area contributed by atoms with Crippen molar-refractivity contribution in [3.8, 4) is 5.75 Å². The Bertz CT molecular complexity index is 1030. The van der Waals surface area contributed by atoms with Gasteiger partial charge in [0.25, 0.3) is 11.8 Å². The van der Waals surface area contributed by atoms with E-state index in [0.29, 0.717) is 29.3 Å². The number of hydrogen-bond donors (Lipinski definition) is 3. The standard InChI is InChI=1S/C22H21N3O4S/c1-2-12-28-18-10-4-3-9-17(18)20(26)25-22(30)24-16-8-5-7-15(14-16)23-21(27)19-11-6-13-29-19/h3-11,13-14H,2,12H2,1H3,(H,23,27)(H2,24,25,26,30). The van der Waals surface area contributed by atoms with Crippen molar-refractivity contribution in [2.45, 2.75) is 13.3 Å². The second-order valence-electron chi connectivity index (χ2n) is 6.27. The number of amides is 2. The van der Waals surface area contributed by atoms with E-state index < -0.39 is 0 Å². The smallest absolute Gasteiger partial charge is 0.291 e. The van der Waals surface area contributed by atoms with E-state index >= 15 is 0 Å². The largest absolute Gasteiger partial charge is 0.493 e. The zero-order valence-corrected chi connectivity index (χ0v) is 17.1. The Morgan fingerprint density at radius 1 is 0.967 bits per heavy atom. The molecule has 0 aliphatic heterocycles. The molecule has 0 bridgehead atoms. The van der Waals surface area contributed by atoms with Crippen LogP contribution in [0.4, 0.5) is 11.4 Å². The molecule has 8 heteroatoms. The van der Waals surface area contributed by atoms with E-state index in [1.807, 2.05) is 6.92 Å². The van der Waals surface area contributed by atoms with Gasteiger partial charge < -0.3 is 19.8 Å². The summed E-state index contributed by atoms with van der Waals surface area (Å²) in [6.07, 6.45) is 2.27. The molecule has 3 aromatic rings. The number of ether oxygens (including phenoxy) is 1. The fourth-order valence-corrected chi connectivity index (χ4v) is 2.81. The van der Waals surface area contributed by atoms with Gasteiger partial charge in [0.2, 0.25) is 0 Å². The minimum absolute atomic E-state index is 0.125. The Balaban J connectivity index is 1.61. The average Bonchev–Trinajstić information content (AvgIpc) is 3.27. The number of anilines is 2. The third kappa shape index (κ3) is 5.68. The van der Waals surface area contributed by atoms with Crippen LogP contribution in [0.3, 0.4) is 0 Å². The molecule has 0 aliphatic carbocycles. The Kier molecular flexibility index (Phi) is 7.18. The third-order valence-corrected chi connectivity index (χ3v) is 4.15. The van der Waals surface area contributed by atoms with E-state index in [1.165, 1.54) is 6.26 Å². The van der Waals surface area contributed by atoms with Crippen molar-refractivity contribution in [3.05, 3.63) is 78.3 Å². The van der Waals surface area contributed by atoms with Gasteiger partial charge in [0.05, 0.1) is 18.4 Å². The molecule has 0 aliphatic rings. The highest BCUT2D eigenvalue weighted by molar-refractivity contribution is 7.80. The molecule has 0 fully saturated rings. The predicted octanol–water partition coefficient (Wildman–Crippen LogP) is 4.45. The summed E-state index contributed by atoms with van der Waals surface area (Å²) < 4.78 is 10.7. The summed E-state index contributed by atoms with van der Waals surface area (Å²) in [5.41, 5.74) is 1.55. The highest BCUT2D eigenvalue weighted by Gasteiger charge is 2.14. The molecule has 0 spiro atoms. The van der Waals surface area contributed by atoms with E-state index in [1.54, 1.807) is 60.7 Å². The quantitative estimate of drug-likeness (QED) is 0.486. The van der Waals surface area contributed by atoms with Crippen LogP contribution in [-0.4, -0.2) is 23.5 Å². The van der Waals surface area contributed by atoms with Gasteiger partial charge in [0.15, 0.2) is 10.9 Å². The summed E-state index contributed by atoms with van der Waals surface area (Å²) in [6, 6.07) is 17.1. The summed E-state index contributed by atoms with van der Waals surface area (Å²) in [5, 5.41) is 8.44. The molecule has 7 nitrogen and oxygen atoms in total. The molecule has 154 valence electrons. The summed E-state index contributed by atoms with van der Waals surface area (Å²) in [7, 11) is 0. The van der Waals surface area contributed by atoms with Crippen molar-refractivity contribution >= 4 is 40.5 Å². The predicted molar refractivity (Wildman–Crippen MR) is 119 cm³/mol. The fraction of sp³-hybridized carbons (Fsp3) is 0.136. The van der Waals surface area contributed by atoms with Crippen LogP contribution in [0.1, 0.15) is 34.3 Å². The number of rotatable bonds is 7. The van der Waals surface area contributed by atoms with E-state index in [0.717, 1.165) is 6.42 Å². The van der Waals surface area contributed by atoms with Crippen LogP contribution in [0.15, 0.2) is 71.3 Å². The van der Waals surface area contributed by atoms with Gasteiger partial charge in [-0.2, -0.15) is 0 Å². The maximum absolute atomic E-state index is 12.6. The van der Waals surface area contributed by atoms with Crippen molar-refractivity contribution in [1.29, 1.82) is 0 Å². The van der Waals surface area contributed by atoms with Crippen molar-refractivity contribution in [1.82, 2.24) is 5.32 Å². The van der Waals surface area contributed by atoms with Gasteiger partial charge in [-0.15, -0.1) is 0 Å². The van der Waals surface area contributed by atoms with Gasteiger partial charge in [-0.05, 0) is 61.1 Å². The lowest BCUT2D eigenvalue weighted by atomic mass is 10.2. The molecule has 3 N–H and O–H groups in total. The molecule has 1 aromatic heterocycles. The minimum Gasteiger partial charge on any atom is -0.493 e. The van der Waals surface area contributed by atoms with Gasteiger partial charge in [-0.3, -0.25) is 14.9 Å². The second-order valence-corrected chi connectivity index (χ2v) is 6.67. The SMILES string of the molecule is CCCOc1ccccc1C(=O)NC(=S)Nc1cccc(NC(=O)c2ccco2)c1. The molecule has 1 heterocycles. The Labute approximate surface area is 179 Å². The normalized spacial score (nSPS) is 10.2. The van der Waals surface area contributed by atoms with Gasteiger partial charge in [-0.25, -0.2) is 0 Å². The summed E-state index contributed by atoms with van der Waals surface area (Å²) in [6.45, 7) is 2.51. The van der Waals surface area contributed by atoms with E-state index in [-0.39, 0.29) is 22.7 Å². The average molecular weight is 423 g/mol. The third-order valence-electron chi connectivity index (χ3n) is 3.94. The van der Waals surface area contributed by atoms with Crippen LogP contribution >= 0.6 is 12.2 Å². The molecule has 0 saturated heterocycles.